The number of hydrogen-bond donors (Lipinski definition) is 2. The molecule has 0 bridgehead atoms. The zero-order chi connectivity index (χ0) is 26.3. The molecule has 6 nitrogen and oxygen atoms in total. The molecule has 0 aliphatic heterocycles. The maximum atomic E-state index is 14.0. The van der Waals surface area contributed by atoms with Crippen molar-refractivity contribution in [3.05, 3.63) is 125 Å². The van der Waals surface area contributed by atoms with Crippen molar-refractivity contribution in [2.45, 2.75) is 24.9 Å². The van der Waals surface area contributed by atoms with Crippen LogP contribution in [0.5, 0.6) is 0 Å². The predicted molar refractivity (Wildman–Crippen MR) is 148 cm³/mol. The highest BCUT2D eigenvalue weighted by Gasteiger charge is 2.46. The number of pyridine rings is 1. The van der Waals surface area contributed by atoms with E-state index in [0.717, 1.165) is 46.0 Å². The van der Waals surface area contributed by atoms with Gasteiger partial charge in [0.25, 0.3) is 5.91 Å². The average Bonchev–Trinajstić information content (AvgIpc) is 3.60. The number of benzene rings is 3. The molecule has 0 radical (unpaired) electrons. The molecule has 1 fully saturated rings. The fraction of sp³-hybridized carbons (Fsp3) is 0.129. The van der Waals surface area contributed by atoms with Gasteiger partial charge in [-0.2, -0.15) is 0 Å². The van der Waals surface area contributed by atoms with E-state index in [1.54, 1.807) is 36.7 Å². The van der Waals surface area contributed by atoms with Gasteiger partial charge in [-0.1, -0.05) is 35.9 Å². The smallest absolute Gasteiger partial charge is 0.335 e. The third-order valence-electron chi connectivity index (χ3n) is 7.15. The summed E-state index contributed by atoms with van der Waals surface area (Å²) in [5.41, 5.74) is 5.00. The minimum atomic E-state index is -0.971. The Morgan fingerprint density at radius 1 is 0.947 bits per heavy atom. The number of carboxylic acid groups (broad SMARTS) is 1. The molecule has 7 heteroatoms. The van der Waals surface area contributed by atoms with Gasteiger partial charge in [0.05, 0.1) is 22.2 Å². The molecule has 188 valence electrons. The Kier molecular flexibility index (Phi) is 5.97. The van der Waals surface area contributed by atoms with Gasteiger partial charge in [-0.25, -0.2) is 4.79 Å². The first-order valence-corrected chi connectivity index (χ1v) is 12.7. The molecule has 1 aliphatic carbocycles. The number of nitrogens with zero attached hydrogens (tertiary/aromatic N) is 2. The third-order valence-corrected chi connectivity index (χ3v) is 7.38. The number of halogens is 1. The van der Waals surface area contributed by atoms with Gasteiger partial charge < -0.3 is 15.0 Å². The molecule has 2 N–H and O–H groups in total. The first-order valence-electron chi connectivity index (χ1n) is 12.4. The minimum Gasteiger partial charge on any atom is -0.478 e. The molecule has 0 saturated heterocycles. The Labute approximate surface area is 224 Å². The Balaban J connectivity index is 1.41. The number of carbonyl (C=O) groups excluding carboxylic acids is 1. The van der Waals surface area contributed by atoms with Crippen LogP contribution in [0.2, 0.25) is 5.02 Å². The van der Waals surface area contributed by atoms with E-state index in [2.05, 4.69) is 20.9 Å². The van der Waals surface area contributed by atoms with Crippen molar-refractivity contribution in [3.63, 3.8) is 0 Å². The molecule has 38 heavy (non-hydrogen) atoms. The van der Waals surface area contributed by atoms with Crippen LogP contribution in [0.3, 0.4) is 0 Å². The molecule has 3 aromatic carbocycles. The highest BCUT2D eigenvalue weighted by molar-refractivity contribution is 6.30. The van der Waals surface area contributed by atoms with Crippen LogP contribution >= 0.6 is 11.6 Å². The highest BCUT2D eigenvalue weighted by atomic mass is 35.5. The zero-order valence-corrected chi connectivity index (χ0v) is 21.2. The lowest BCUT2D eigenvalue weighted by molar-refractivity contribution is 0.0696. The van der Waals surface area contributed by atoms with Crippen LogP contribution in [-0.4, -0.2) is 26.5 Å². The summed E-state index contributed by atoms with van der Waals surface area (Å²) in [6.45, 7) is 0.570. The molecular weight excluding hydrogens is 498 g/mol. The Bertz CT molecular complexity index is 1670. The second-order valence-corrected chi connectivity index (χ2v) is 10.1. The zero-order valence-electron chi connectivity index (χ0n) is 20.4. The molecule has 2 aromatic heterocycles. The van der Waals surface area contributed by atoms with E-state index in [0.29, 0.717) is 17.1 Å². The van der Waals surface area contributed by atoms with Crippen molar-refractivity contribution in [3.8, 4) is 11.1 Å². The summed E-state index contributed by atoms with van der Waals surface area (Å²) in [5, 5.41) is 14.2. The maximum absolute atomic E-state index is 14.0. The summed E-state index contributed by atoms with van der Waals surface area (Å²) >= 11 is 6.23. The lowest BCUT2D eigenvalue weighted by atomic mass is 9.99. The molecule has 1 aliphatic rings. The summed E-state index contributed by atoms with van der Waals surface area (Å²) in [6, 6.07) is 24.4. The second kappa shape index (κ2) is 9.47. The molecule has 1 amide bonds. The number of aromatic carboxylic acids is 1. The van der Waals surface area contributed by atoms with E-state index >= 15 is 0 Å². The number of hydrogen-bond acceptors (Lipinski definition) is 3. The topological polar surface area (TPSA) is 84.2 Å². The normalized spacial score (nSPS) is 13.8. The van der Waals surface area contributed by atoms with Crippen LogP contribution in [0.1, 0.15) is 44.7 Å². The van der Waals surface area contributed by atoms with E-state index in [1.807, 2.05) is 54.7 Å². The molecule has 0 unspecified atom stereocenters. The van der Waals surface area contributed by atoms with Gasteiger partial charge in [-0.3, -0.25) is 9.78 Å². The van der Waals surface area contributed by atoms with Gasteiger partial charge in [0.2, 0.25) is 0 Å². The van der Waals surface area contributed by atoms with Gasteiger partial charge in [-0.15, -0.1) is 0 Å². The lowest BCUT2D eigenvalue weighted by Crippen LogP contribution is -2.35. The van der Waals surface area contributed by atoms with Crippen molar-refractivity contribution < 1.29 is 14.7 Å². The van der Waals surface area contributed by atoms with E-state index < -0.39 is 11.5 Å². The van der Waals surface area contributed by atoms with Crippen LogP contribution in [0.15, 0.2) is 97.5 Å². The summed E-state index contributed by atoms with van der Waals surface area (Å²) in [5.74, 6) is -1.14. The molecule has 2 heterocycles. The SMILES string of the molecule is O=C(O)c1ccc(C2(NC(=O)c3cc(-c4ccncc4)cc4ccn(Cc5cccc(Cl)c5)c34)CC2)cc1. The average molecular weight is 522 g/mol. The number of fused-ring (bicyclic) bond motifs is 1. The van der Waals surface area contributed by atoms with Gasteiger partial charge >= 0.3 is 5.97 Å². The van der Waals surface area contributed by atoms with Gasteiger partial charge in [0, 0.05) is 35.5 Å². The van der Waals surface area contributed by atoms with Crippen molar-refractivity contribution in [1.29, 1.82) is 0 Å². The third kappa shape index (κ3) is 4.55. The van der Waals surface area contributed by atoms with Crippen LogP contribution < -0.4 is 5.32 Å². The molecule has 0 spiro atoms. The number of nitrogens with one attached hydrogen (secondary N) is 1. The van der Waals surface area contributed by atoms with Crippen molar-refractivity contribution in [2.75, 3.05) is 0 Å². The number of aromatic nitrogens is 2. The quantitative estimate of drug-likeness (QED) is 0.255. The Morgan fingerprint density at radius 2 is 1.71 bits per heavy atom. The van der Waals surface area contributed by atoms with Crippen molar-refractivity contribution >= 4 is 34.4 Å². The monoisotopic (exact) mass is 521 g/mol. The van der Waals surface area contributed by atoms with E-state index in [9.17, 15) is 14.7 Å². The first kappa shape index (κ1) is 23.9. The molecule has 1 saturated carbocycles. The van der Waals surface area contributed by atoms with Crippen molar-refractivity contribution in [1.82, 2.24) is 14.9 Å². The van der Waals surface area contributed by atoms with Gasteiger partial charge in [-0.05, 0) is 89.7 Å². The molecular formula is C31H24ClN3O3. The number of rotatable bonds is 7. The van der Waals surface area contributed by atoms with Crippen LogP contribution in [0.25, 0.3) is 22.0 Å². The van der Waals surface area contributed by atoms with Crippen LogP contribution in [0, 0.1) is 0 Å². The van der Waals surface area contributed by atoms with E-state index in [4.69, 9.17) is 11.6 Å². The summed E-state index contributed by atoms with van der Waals surface area (Å²) in [7, 11) is 0. The fourth-order valence-corrected chi connectivity index (χ4v) is 5.24. The number of carbonyl (C=O) groups is 2. The van der Waals surface area contributed by atoms with Crippen molar-refractivity contribution in [2.24, 2.45) is 0 Å². The number of carboxylic acids is 1. The van der Waals surface area contributed by atoms with Crippen LogP contribution in [0.4, 0.5) is 0 Å². The second-order valence-electron chi connectivity index (χ2n) is 9.69. The standard InChI is InChI=1S/C31H24ClN3O3/c32-26-3-1-2-20(16-26)19-35-15-10-23-17-24(21-8-13-33-14-9-21)18-27(28(23)35)29(36)34-31(11-12-31)25-6-4-22(5-7-25)30(37)38/h1-10,13-18H,11-12,19H2,(H,34,36)(H,37,38). The molecule has 5 aromatic rings. The molecule has 0 atom stereocenters. The van der Waals surface area contributed by atoms with E-state index in [-0.39, 0.29) is 11.5 Å². The fourth-order valence-electron chi connectivity index (χ4n) is 5.02. The first-order chi connectivity index (χ1) is 18.4. The number of amides is 1. The Hall–Kier alpha value is -4.42. The minimum absolute atomic E-state index is 0.170. The predicted octanol–water partition coefficient (Wildman–Crippen LogP) is 6.52. The Morgan fingerprint density at radius 3 is 2.39 bits per heavy atom. The highest BCUT2D eigenvalue weighted by Crippen LogP contribution is 2.46. The summed E-state index contributed by atoms with van der Waals surface area (Å²) in [6.07, 6.45) is 7.06. The lowest BCUT2D eigenvalue weighted by Gasteiger charge is -2.20. The van der Waals surface area contributed by atoms with Crippen LogP contribution in [-0.2, 0) is 12.1 Å². The summed E-state index contributed by atoms with van der Waals surface area (Å²) < 4.78 is 2.08. The summed E-state index contributed by atoms with van der Waals surface area (Å²) in [4.78, 5) is 29.4. The van der Waals surface area contributed by atoms with Gasteiger partial charge in [0.1, 0.15) is 0 Å². The largest absolute Gasteiger partial charge is 0.478 e. The maximum Gasteiger partial charge on any atom is 0.335 e. The van der Waals surface area contributed by atoms with Gasteiger partial charge in [0.15, 0.2) is 0 Å². The van der Waals surface area contributed by atoms with E-state index in [1.165, 1.54) is 0 Å². The molecule has 6 rings (SSSR count).